The molecule has 0 aliphatic heterocycles. The van der Waals surface area contributed by atoms with E-state index < -0.39 is 29.3 Å². The summed E-state index contributed by atoms with van der Waals surface area (Å²) < 4.78 is 24.0. The second kappa shape index (κ2) is 14.2. The Morgan fingerprint density at radius 3 is 2.33 bits per heavy atom. The molecular weight excluding hydrogens is 544 g/mol. The Balaban J connectivity index is 1.45. The number of imidazole rings is 1. The van der Waals surface area contributed by atoms with Crippen molar-refractivity contribution in [3.63, 3.8) is 0 Å². The van der Waals surface area contributed by atoms with Gasteiger partial charge >= 0.3 is 12.1 Å². The fraction of sp³-hybridized carbons (Fsp3) is 0.345. The van der Waals surface area contributed by atoms with Gasteiger partial charge in [0.05, 0.1) is 26.1 Å². The average Bonchev–Trinajstić information content (AvgIpc) is 3.39. The number of carbonyl (C=O) groups excluding carboxylic acids is 2. The van der Waals surface area contributed by atoms with Gasteiger partial charge < -0.3 is 24.7 Å². The average molecular weight is 579 g/mol. The van der Waals surface area contributed by atoms with Gasteiger partial charge in [-0.15, -0.1) is 0 Å². The van der Waals surface area contributed by atoms with Gasteiger partial charge in [0.2, 0.25) is 11.7 Å². The Morgan fingerprint density at radius 1 is 1.00 bits per heavy atom. The molecule has 4 N–H and O–H groups in total. The van der Waals surface area contributed by atoms with Crippen LogP contribution in [0, 0.1) is 5.92 Å². The van der Waals surface area contributed by atoms with E-state index >= 15 is 0 Å². The number of rotatable bonds is 14. The van der Waals surface area contributed by atoms with E-state index in [1.165, 1.54) is 10.9 Å². The summed E-state index contributed by atoms with van der Waals surface area (Å²) in [6, 6.07) is 18.8. The standard InChI is InChI=1S/C29H34N6O7/c1-20(2)29(34-28(38)41-17-22-12-7-4-8-13-22,26(37)40-15-9-14-39-16-21-10-5-3-6-11-21)42-19-35-18-31-23-24(35)32-27(30)33-25(23)36/h3-8,10-13,18,20H,9,14-17,19H2,1-2H3,(H,34,38)(H3,30,32,33,36)/t29-/m0/s1. The van der Waals surface area contributed by atoms with Crippen molar-refractivity contribution in [1.82, 2.24) is 24.8 Å². The lowest BCUT2D eigenvalue weighted by Gasteiger charge is -2.35. The molecule has 2 aromatic heterocycles. The maximum absolute atomic E-state index is 13.5. The van der Waals surface area contributed by atoms with Crippen molar-refractivity contribution in [2.75, 3.05) is 18.9 Å². The Morgan fingerprint density at radius 2 is 1.67 bits per heavy atom. The highest BCUT2D eigenvalue weighted by atomic mass is 16.6. The van der Waals surface area contributed by atoms with Gasteiger partial charge in [-0.25, -0.2) is 14.6 Å². The Bertz CT molecular complexity index is 1520. The largest absolute Gasteiger partial charge is 0.462 e. The third-order valence-corrected chi connectivity index (χ3v) is 6.32. The first-order chi connectivity index (χ1) is 20.3. The number of ether oxygens (including phenoxy) is 4. The number of benzene rings is 2. The highest BCUT2D eigenvalue weighted by Gasteiger charge is 2.47. The molecule has 2 aromatic carbocycles. The highest BCUT2D eigenvalue weighted by molar-refractivity contribution is 5.84. The Kier molecular flexibility index (Phi) is 10.2. The quantitative estimate of drug-likeness (QED) is 0.115. The molecule has 42 heavy (non-hydrogen) atoms. The predicted molar refractivity (Wildman–Crippen MR) is 153 cm³/mol. The van der Waals surface area contributed by atoms with E-state index in [-0.39, 0.29) is 37.1 Å². The maximum atomic E-state index is 13.5. The van der Waals surface area contributed by atoms with Gasteiger partial charge in [-0.1, -0.05) is 74.5 Å². The molecule has 0 saturated heterocycles. The van der Waals surface area contributed by atoms with Crippen molar-refractivity contribution >= 4 is 29.2 Å². The van der Waals surface area contributed by atoms with Crippen LogP contribution in [0.1, 0.15) is 31.4 Å². The van der Waals surface area contributed by atoms with E-state index in [1.54, 1.807) is 26.0 Å². The zero-order chi connectivity index (χ0) is 30.0. The minimum absolute atomic E-state index is 0.0211. The van der Waals surface area contributed by atoms with Gasteiger partial charge in [-0.3, -0.25) is 19.7 Å². The van der Waals surface area contributed by atoms with Gasteiger partial charge in [0.25, 0.3) is 5.56 Å². The number of nitrogens with zero attached hydrogens (tertiary/aromatic N) is 3. The zero-order valence-electron chi connectivity index (χ0n) is 23.4. The van der Waals surface area contributed by atoms with Crippen LogP contribution < -0.4 is 16.6 Å². The molecule has 2 heterocycles. The molecule has 0 fully saturated rings. The Hall–Kier alpha value is -4.75. The van der Waals surface area contributed by atoms with Crippen molar-refractivity contribution in [2.24, 2.45) is 5.92 Å². The highest BCUT2D eigenvalue weighted by Crippen LogP contribution is 2.23. The van der Waals surface area contributed by atoms with Gasteiger partial charge in [-0.05, 0) is 11.1 Å². The van der Waals surface area contributed by atoms with Gasteiger partial charge in [0.1, 0.15) is 13.3 Å². The molecular formula is C29H34N6O7. The molecule has 4 rings (SSSR count). The van der Waals surface area contributed by atoms with Gasteiger partial charge in [0, 0.05) is 12.3 Å². The molecule has 1 amide bonds. The molecule has 1 atom stereocenters. The van der Waals surface area contributed by atoms with Crippen molar-refractivity contribution in [3.05, 3.63) is 88.5 Å². The smallest absolute Gasteiger partial charge is 0.410 e. The van der Waals surface area contributed by atoms with E-state index in [0.29, 0.717) is 19.6 Å². The van der Waals surface area contributed by atoms with Crippen LogP contribution in [-0.4, -0.2) is 50.5 Å². The molecule has 0 spiro atoms. The minimum Gasteiger partial charge on any atom is -0.462 e. The summed E-state index contributed by atoms with van der Waals surface area (Å²) in [7, 11) is 0. The minimum atomic E-state index is -1.96. The molecule has 0 radical (unpaired) electrons. The van der Waals surface area contributed by atoms with E-state index in [4.69, 9.17) is 24.7 Å². The van der Waals surface area contributed by atoms with E-state index in [1.807, 2.05) is 48.5 Å². The van der Waals surface area contributed by atoms with Crippen LogP contribution in [-0.2, 0) is 43.7 Å². The summed E-state index contributed by atoms with van der Waals surface area (Å²) in [5.41, 5.74) is 5.19. The van der Waals surface area contributed by atoms with E-state index in [9.17, 15) is 14.4 Å². The molecule has 0 saturated carbocycles. The molecule has 13 heteroatoms. The number of amides is 1. The number of fused-ring (bicyclic) bond motifs is 1. The van der Waals surface area contributed by atoms with Crippen LogP contribution in [0.2, 0.25) is 0 Å². The molecule has 4 aromatic rings. The fourth-order valence-corrected chi connectivity index (χ4v) is 4.04. The van der Waals surface area contributed by atoms with Gasteiger partial charge in [0.15, 0.2) is 11.2 Å². The number of aromatic nitrogens is 4. The summed E-state index contributed by atoms with van der Waals surface area (Å²) in [4.78, 5) is 49.2. The topological polar surface area (TPSA) is 173 Å². The lowest BCUT2D eigenvalue weighted by molar-refractivity contribution is -0.192. The number of carbonyl (C=O) groups is 2. The first-order valence-corrected chi connectivity index (χ1v) is 13.4. The van der Waals surface area contributed by atoms with Crippen LogP contribution in [0.5, 0.6) is 0 Å². The lowest BCUT2D eigenvalue weighted by atomic mass is 9.99. The number of nitrogens with two attached hydrogens (primary N) is 1. The molecule has 222 valence electrons. The normalized spacial score (nSPS) is 12.6. The number of nitrogen functional groups attached to an aromatic ring is 1. The van der Waals surface area contributed by atoms with Crippen LogP contribution in [0.4, 0.5) is 10.7 Å². The third-order valence-electron chi connectivity index (χ3n) is 6.32. The first kappa shape index (κ1) is 30.2. The number of hydrogen-bond donors (Lipinski definition) is 3. The number of esters is 1. The van der Waals surface area contributed by atoms with Crippen LogP contribution in [0.3, 0.4) is 0 Å². The summed E-state index contributed by atoms with van der Waals surface area (Å²) >= 11 is 0. The van der Waals surface area contributed by atoms with Crippen molar-refractivity contribution in [1.29, 1.82) is 0 Å². The molecule has 0 aliphatic rings. The molecule has 0 bridgehead atoms. The summed E-state index contributed by atoms with van der Waals surface area (Å²) in [6.45, 7) is 3.85. The second-order valence-electron chi connectivity index (χ2n) is 9.72. The van der Waals surface area contributed by atoms with Crippen LogP contribution in [0.25, 0.3) is 11.2 Å². The lowest BCUT2D eigenvalue weighted by Crippen LogP contribution is -2.61. The SMILES string of the molecule is CC(C)[C@](NC(=O)OCc1ccccc1)(OCn1cnc2c(=O)[nH]c(N)nc21)C(=O)OCCCOCc1ccccc1. The molecule has 13 nitrogen and oxygen atoms in total. The van der Waals surface area contributed by atoms with E-state index in [0.717, 1.165) is 11.1 Å². The summed E-state index contributed by atoms with van der Waals surface area (Å²) in [5, 5.41) is 2.57. The third kappa shape index (κ3) is 7.71. The van der Waals surface area contributed by atoms with Crippen molar-refractivity contribution in [2.45, 2.75) is 45.9 Å². The first-order valence-electron chi connectivity index (χ1n) is 13.4. The summed E-state index contributed by atoms with van der Waals surface area (Å²) in [6.07, 6.45) is 0.856. The van der Waals surface area contributed by atoms with Crippen molar-refractivity contribution in [3.8, 4) is 0 Å². The fourth-order valence-electron chi connectivity index (χ4n) is 4.04. The number of alkyl carbamates (subject to hydrolysis) is 1. The number of H-pyrrole nitrogens is 1. The molecule has 0 unspecified atom stereocenters. The molecule has 0 aliphatic carbocycles. The maximum Gasteiger partial charge on any atom is 0.410 e. The van der Waals surface area contributed by atoms with Crippen molar-refractivity contribution < 1.29 is 28.5 Å². The monoisotopic (exact) mass is 578 g/mol. The predicted octanol–water partition coefficient (Wildman–Crippen LogP) is 3.10. The Labute approximate surface area is 242 Å². The summed E-state index contributed by atoms with van der Waals surface area (Å²) in [5.74, 6) is -1.55. The number of nitrogens with one attached hydrogen (secondary N) is 2. The second-order valence-corrected chi connectivity index (χ2v) is 9.72. The number of aromatic amines is 1. The van der Waals surface area contributed by atoms with Gasteiger partial charge in [-0.2, -0.15) is 4.98 Å². The van der Waals surface area contributed by atoms with Crippen LogP contribution in [0.15, 0.2) is 71.8 Å². The van der Waals surface area contributed by atoms with E-state index in [2.05, 4.69) is 20.3 Å². The number of anilines is 1. The number of hydrogen-bond acceptors (Lipinski definition) is 10. The van der Waals surface area contributed by atoms with Crippen LogP contribution >= 0.6 is 0 Å². The zero-order valence-corrected chi connectivity index (χ0v) is 23.4.